The van der Waals surface area contributed by atoms with Crippen LogP contribution in [0.3, 0.4) is 0 Å². The average Bonchev–Trinajstić information content (AvgIpc) is 2.79. The number of aromatic amines is 1. The number of ether oxygens (including phenoxy) is 1. The van der Waals surface area contributed by atoms with Crippen molar-refractivity contribution in [2.75, 3.05) is 6.61 Å². The molecule has 0 bridgehead atoms. The number of carboxylic acid groups (broad SMARTS) is 1. The molecule has 1 aromatic carbocycles. The number of aromatic nitrogens is 2. The van der Waals surface area contributed by atoms with E-state index in [1.807, 2.05) is 6.92 Å². The molecule has 1 heterocycles. The standard InChI is InChI=1S/C12H12N2O3/c1-2-17-9-5-3-8(4-6-9)11-10(12(15)16)7-13-14-11/h3-7H,2H2,1H3,(H,13,14)(H,15,16). The molecule has 17 heavy (non-hydrogen) atoms. The molecule has 0 aliphatic carbocycles. The van der Waals surface area contributed by atoms with Gasteiger partial charge < -0.3 is 9.84 Å². The second kappa shape index (κ2) is 4.69. The number of nitrogens with zero attached hydrogens (tertiary/aromatic N) is 1. The number of carbonyl (C=O) groups is 1. The van der Waals surface area contributed by atoms with E-state index >= 15 is 0 Å². The Kier molecular flexibility index (Phi) is 3.09. The Morgan fingerprint density at radius 2 is 2.12 bits per heavy atom. The predicted octanol–water partition coefficient (Wildman–Crippen LogP) is 2.17. The first-order chi connectivity index (χ1) is 8.22. The van der Waals surface area contributed by atoms with Crippen LogP contribution in [0.15, 0.2) is 30.5 Å². The van der Waals surface area contributed by atoms with Gasteiger partial charge in [0.25, 0.3) is 0 Å². The van der Waals surface area contributed by atoms with Gasteiger partial charge in [-0.25, -0.2) is 4.79 Å². The summed E-state index contributed by atoms with van der Waals surface area (Å²) < 4.78 is 5.31. The molecule has 88 valence electrons. The molecular weight excluding hydrogens is 220 g/mol. The van der Waals surface area contributed by atoms with Crippen LogP contribution in [0.4, 0.5) is 0 Å². The summed E-state index contributed by atoms with van der Waals surface area (Å²) in [5.41, 5.74) is 1.43. The number of hydrogen-bond donors (Lipinski definition) is 2. The van der Waals surface area contributed by atoms with Crippen molar-refractivity contribution in [1.82, 2.24) is 10.2 Å². The quantitative estimate of drug-likeness (QED) is 0.847. The van der Waals surface area contributed by atoms with Crippen LogP contribution in [-0.2, 0) is 0 Å². The third kappa shape index (κ3) is 2.28. The van der Waals surface area contributed by atoms with E-state index in [-0.39, 0.29) is 5.56 Å². The summed E-state index contributed by atoms with van der Waals surface area (Å²) in [6.07, 6.45) is 1.30. The topological polar surface area (TPSA) is 75.2 Å². The van der Waals surface area contributed by atoms with Crippen molar-refractivity contribution < 1.29 is 14.6 Å². The molecule has 0 spiro atoms. The van der Waals surface area contributed by atoms with Crippen molar-refractivity contribution in [3.63, 3.8) is 0 Å². The molecule has 0 aliphatic heterocycles. The van der Waals surface area contributed by atoms with Crippen molar-refractivity contribution in [2.24, 2.45) is 0 Å². The molecule has 0 atom stereocenters. The molecule has 0 aliphatic rings. The molecule has 0 amide bonds. The van der Waals surface area contributed by atoms with Crippen LogP contribution in [-0.4, -0.2) is 27.9 Å². The number of rotatable bonds is 4. The van der Waals surface area contributed by atoms with E-state index in [4.69, 9.17) is 9.84 Å². The second-order valence-corrected chi connectivity index (χ2v) is 3.42. The fraction of sp³-hybridized carbons (Fsp3) is 0.167. The van der Waals surface area contributed by atoms with Crippen LogP contribution in [0, 0.1) is 0 Å². The van der Waals surface area contributed by atoms with Crippen LogP contribution in [0.2, 0.25) is 0 Å². The Morgan fingerprint density at radius 3 is 2.71 bits per heavy atom. The van der Waals surface area contributed by atoms with Crippen molar-refractivity contribution in [2.45, 2.75) is 6.92 Å². The molecule has 1 aromatic heterocycles. The van der Waals surface area contributed by atoms with Gasteiger partial charge >= 0.3 is 5.97 Å². The molecule has 2 rings (SSSR count). The summed E-state index contributed by atoms with van der Waals surface area (Å²) in [4.78, 5) is 10.9. The highest BCUT2D eigenvalue weighted by Crippen LogP contribution is 2.23. The molecule has 5 nitrogen and oxygen atoms in total. The smallest absolute Gasteiger partial charge is 0.339 e. The first kappa shape index (κ1) is 11.2. The lowest BCUT2D eigenvalue weighted by Gasteiger charge is -2.04. The maximum Gasteiger partial charge on any atom is 0.339 e. The minimum absolute atomic E-state index is 0.161. The monoisotopic (exact) mass is 232 g/mol. The zero-order valence-electron chi connectivity index (χ0n) is 9.30. The van der Waals surface area contributed by atoms with Crippen LogP contribution >= 0.6 is 0 Å². The molecule has 0 radical (unpaired) electrons. The van der Waals surface area contributed by atoms with Crippen molar-refractivity contribution >= 4 is 5.97 Å². The molecule has 2 aromatic rings. The lowest BCUT2D eigenvalue weighted by molar-refractivity contribution is 0.0698. The van der Waals surface area contributed by atoms with Gasteiger partial charge in [-0.2, -0.15) is 5.10 Å². The Morgan fingerprint density at radius 1 is 1.41 bits per heavy atom. The predicted molar refractivity (Wildman–Crippen MR) is 62.2 cm³/mol. The van der Waals surface area contributed by atoms with Gasteiger partial charge in [0.05, 0.1) is 18.5 Å². The summed E-state index contributed by atoms with van der Waals surface area (Å²) in [7, 11) is 0. The van der Waals surface area contributed by atoms with Gasteiger partial charge in [-0.3, -0.25) is 5.10 Å². The molecule has 0 saturated carbocycles. The van der Waals surface area contributed by atoms with E-state index in [2.05, 4.69) is 10.2 Å². The SMILES string of the molecule is CCOc1ccc(-c2[nH]ncc2C(=O)O)cc1. The average molecular weight is 232 g/mol. The minimum Gasteiger partial charge on any atom is -0.494 e. The molecule has 0 fully saturated rings. The summed E-state index contributed by atoms with van der Waals surface area (Å²) in [6, 6.07) is 7.19. The Labute approximate surface area is 98.0 Å². The van der Waals surface area contributed by atoms with Crippen LogP contribution in [0.1, 0.15) is 17.3 Å². The Balaban J connectivity index is 2.33. The minimum atomic E-state index is -0.998. The molecule has 5 heteroatoms. The second-order valence-electron chi connectivity index (χ2n) is 3.42. The van der Waals surface area contributed by atoms with Gasteiger partial charge in [-0.05, 0) is 31.2 Å². The third-order valence-corrected chi connectivity index (χ3v) is 2.32. The largest absolute Gasteiger partial charge is 0.494 e. The van der Waals surface area contributed by atoms with E-state index in [1.54, 1.807) is 24.3 Å². The Bertz CT molecular complexity index is 517. The number of aromatic carboxylic acids is 1. The lowest BCUT2D eigenvalue weighted by atomic mass is 10.1. The summed E-state index contributed by atoms with van der Waals surface area (Å²) >= 11 is 0. The fourth-order valence-electron chi connectivity index (χ4n) is 1.55. The summed E-state index contributed by atoms with van der Waals surface area (Å²) in [6.45, 7) is 2.51. The van der Waals surface area contributed by atoms with Gasteiger partial charge in [0, 0.05) is 5.56 Å². The molecule has 2 N–H and O–H groups in total. The maximum absolute atomic E-state index is 10.9. The van der Waals surface area contributed by atoms with E-state index in [0.29, 0.717) is 12.3 Å². The summed E-state index contributed by atoms with van der Waals surface area (Å²) in [5, 5.41) is 15.4. The van der Waals surface area contributed by atoms with Crippen molar-refractivity contribution in [3.05, 3.63) is 36.0 Å². The number of benzene rings is 1. The van der Waals surface area contributed by atoms with Gasteiger partial charge in [-0.15, -0.1) is 0 Å². The first-order valence-electron chi connectivity index (χ1n) is 5.22. The van der Waals surface area contributed by atoms with Gasteiger partial charge in [0.15, 0.2) is 0 Å². The first-order valence-corrected chi connectivity index (χ1v) is 5.22. The van der Waals surface area contributed by atoms with Gasteiger partial charge in [-0.1, -0.05) is 0 Å². The van der Waals surface area contributed by atoms with Crippen molar-refractivity contribution in [1.29, 1.82) is 0 Å². The highest BCUT2D eigenvalue weighted by Gasteiger charge is 2.13. The molecule has 0 unspecified atom stereocenters. The van der Waals surface area contributed by atoms with Crippen LogP contribution in [0.25, 0.3) is 11.3 Å². The van der Waals surface area contributed by atoms with E-state index in [0.717, 1.165) is 11.3 Å². The van der Waals surface area contributed by atoms with Crippen LogP contribution in [0.5, 0.6) is 5.75 Å². The highest BCUT2D eigenvalue weighted by molar-refractivity contribution is 5.94. The number of nitrogens with one attached hydrogen (secondary N) is 1. The molecular formula is C12H12N2O3. The maximum atomic E-state index is 10.9. The summed E-state index contributed by atoms with van der Waals surface area (Å²) in [5.74, 6) is -0.240. The number of H-pyrrole nitrogens is 1. The lowest BCUT2D eigenvalue weighted by Crippen LogP contribution is -1.97. The number of carboxylic acids is 1. The van der Waals surface area contributed by atoms with E-state index in [1.165, 1.54) is 6.20 Å². The highest BCUT2D eigenvalue weighted by atomic mass is 16.5. The third-order valence-electron chi connectivity index (χ3n) is 2.32. The normalized spacial score (nSPS) is 10.2. The zero-order valence-corrected chi connectivity index (χ0v) is 9.30. The van der Waals surface area contributed by atoms with Gasteiger partial charge in [0.2, 0.25) is 0 Å². The van der Waals surface area contributed by atoms with Gasteiger partial charge in [0.1, 0.15) is 11.3 Å². The van der Waals surface area contributed by atoms with Crippen LogP contribution < -0.4 is 4.74 Å². The number of hydrogen-bond acceptors (Lipinski definition) is 3. The van der Waals surface area contributed by atoms with E-state index < -0.39 is 5.97 Å². The zero-order chi connectivity index (χ0) is 12.3. The Hall–Kier alpha value is -2.30. The van der Waals surface area contributed by atoms with Crippen molar-refractivity contribution in [3.8, 4) is 17.0 Å². The van der Waals surface area contributed by atoms with E-state index in [9.17, 15) is 4.79 Å². The molecule has 0 saturated heterocycles. The fourth-order valence-corrected chi connectivity index (χ4v) is 1.55.